The molecule has 1 saturated heterocycles. The molecule has 4 aromatic rings. The van der Waals surface area contributed by atoms with Gasteiger partial charge in [-0.3, -0.25) is 14.3 Å². The molecule has 15 heteroatoms. The SMILES string of the molecule is C=CC[C@@]1(OP(OCCC#N)N(C(C)C)C(C)C)[C@@H](COC(c2ccccc2)(c2ccc(OC)cc2)c2ccc(OC)cc2)O[C@@H](n2cc(C)c(=O)[nH]c2=O)[C@@H]1O[Si](C)(C)C(C)(C)C. The van der Waals surface area contributed by atoms with Gasteiger partial charge in [-0.2, -0.15) is 5.26 Å². The van der Waals surface area contributed by atoms with Gasteiger partial charge in [0.1, 0.15) is 34.9 Å². The summed E-state index contributed by atoms with van der Waals surface area (Å²) < 4.78 is 51.3. The van der Waals surface area contributed by atoms with E-state index in [0.717, 1.165) is 16.7 Å². The molecule has 5 rings (SSSR count). The molecule has 2 heterocycles. The first-order valence-electron chi connectivity index (χ1n) is 21.8. The van der Waals surface area contributed by atoms with Crippen molar-refractivity contribution in [3.8, 4) is 17.6 Å². The van der Waals surface area contributed by atoms with Crippen molar-refractivity contribution in [3.63, 3.8) is 0 Å². The van der Waals surface area contributed by atoms with Gasteiger partial charge in [0.25, 0.3) is 14.1 Å². The zero-order valence-electron chi connectivity index (χ0n) is 39.5. The van der Waals surface area contributed by atoms with Crippen molar-refractivity contribution >= 4 is 16.8 Å². The summed E-state index contributed by atoms with van der Waals surface area (Å²) in [4.78, 5) is 29.4. The molecular formula is C49H67N4O9PSi. The van der Waals surface area contributed by atoms with Crippen molar-refractivity contribution < 1.29 is 32.4 Å². The number of aryl methyl sites for hydroxylation is 1. The van der Waals surface area contributed by atoms with Gasteiger partial charge in [0.05, 0.1) is 39.9 Å². The summed E-state index contributed by atoms with van der Waals surface area (Å²) in [5, 5.41) is 9.35. The maximum Gasteiger partial charge on any atom is 0.330 e. The maximum atomic E-state index is 14.0. The Kier molecular flexibility index (Phi) is 16.8. The van der Waals surface area contributed by atoms with Crippen molar-refractivity contribution in [2.45, 2.75) is 128 Å². The molecule has 346 valence electrons. The molecule has 1 unspecified atom stereocenters. The van der Waals surface area contributed by atoms with Crippen LogP contribution in [0.5, 0.6) is 11.5 Å². The van der Waals surface area contributed by atoms with Crippen LogP contribution in [0.25, 0.3) is 0 Å². The van der Waals surface area contributed by atoms with Gasteiger partial charge in [-0.15, -0.1) is 6.58 Å². The second kappa shape index (κ2) is 21.3. The van der Waals surface area contributed by atoms with Crippen LogP contribution in [0.15, 0.2) is 107 Å². The highest BCUT2D eigenvalue weighted by molar-refractivity contribution is 7.44. The van der Waals surface area contributed by atoms with Crippen LogP contribution >= 0.6 is 8.53 Å². The molecular weight excluding hydrogens is 848 g/mol. The van der Waals surface area contributed by atoms with Crippen molar-refractivity contribution in [3.05, 3.63) is 141 Å². The van der Waals surface area contributed by atoms with Crippen LogP contribution < -0.4 is 20.7 Å². The van der Waals surface area contributed by atoms with Gasteiger partial charge in [-0.25, -0.2) is 9.46 Å². The first-order valence-corrected chi connectivity index (χ1v) is 25.9. The lowest BCUT2D eigenvalue weighted by molar-refractivity contribution is -0.117. The summed E-state index contributed by atoms with van der Waals surface area (Å²) in [6.07, 6.45) is 0.571. The summed E-state index contributed by atoms with van der Waals surface area (Å²) >= 11 is 0. The molecule has 1 aromatic heterocycles. The molecule has 5 atom stereocenters. The lowest BCUT2D eigenvalue weighted by Gasteiger charge is -2.47. The zero-order chi connectivity index (χ0) is 47.0. The summed E-state index contributed by atoms with van der Waals surface area (Å²) in [5.74, 6) is 1.36. The van der Waals surface area contributed by atoms with E-state index in [1.165, 1.54) is 10.8 Å². The second-order valence-corrected chi connectivity index (χ2v) is 24.3. The normalized spacial score (nSPS) is 19.8. The summed E-state index contributed by atoms with van der Waals surface area (Å²) in [6, 6.07) is 27.6. The Bertz CT molecular complexity index is 2250. The second-order valence-electron chi connectivity index (χ2n) is 18.2. The number of nitriles is 1. The monoisotopic (exact) mass is 914 g/mol. The smallest absolute Gasteiger partial charge is 0.330 e. The van der Waals surface area contributed by atoms with Crippen LogP contribution in [-0.2, 0) is 28.5 Å². The van der Waals surface area contributed by atoms with E-state index in [1.807, 2.05) is 78.9 Å². The quantitative estimate of drug-likeness (QED) is 0.0280. The van der Waals surface area contributed by atoms with Gasteiger partial charge >= 0.3 is 5.69 Å². The number of methoxy groups -OCH3 is 2. The average molecular weight is 915 g/mol. The molecule has 3 aromatic carbocycles. The predicted octanol–water partition coefficient (Wildman–Crippen LogP) is 9.77. The standard InChI is InChI=1S/C49H67N4O9PSi/c1-14-29-48(62-63(59-31-18-30-50)53(34(2)3)35(4)5)42(60-45(43(48)61-64(12,13)47(7,8)9)52-32-36(6)44(54)51-46(52)55)33-58-49(37-19-16-15-17-20-37,38-21-25-40(56-10)26-22-38)39-23-27-41(57-11)28-24-39/h14-17,19-28,32,34-35,42-43,45H,1,18,29,31,33H2,2-13H3,(H,51,54,55)/t42-,43+,45-,48-,63?/m1/s1. The van der Waals surface area contributed by atoms with E-state index >= 15 is 0 Å². The Morgan fingerprint density at radius 3 is 1.97 bits per heavy atom. The molecule has 1 N–H and O–H groups in total. The van der Waals surface area contributed by atoms with E-state index in [0.29, 0.717) is 17.1 Å². The lowest BCUT2D eigenvalue weighted by atomic mass is 9.79. The van der Waals surface area contributed by atoms with Crippen LogP contribution in [0.4, 0.5) is 0 Å². The van der Waals surface area contributed by atoms with Crippen LogP contribution in [0, 0.1) is 18.3 Å². The molecule has 64 heavy (non-hydrogen) atoms. The summed E-state index contributed by atoms with van der Waals surface area (Å²) in [6.45, 7) is 24.9. The number of hydrogen-bond donors (Lipinski definition) is 1. The third-order valence-electron chi connectivity index (χ3n) is 12.2. The van der Waals surface area contributed by atoms with Crippen LogP contribution in [0.2, 0.25) is 18.1 Å². The molecule has 0 aliphatic carbocycles. The fraction of sp³-hybridized carbons (Fsp3) is 0.490. The number of rotatable bonds is 21. The third kappa shape index (κ3) is 10.6. The van der Waals surface area contributed by atoms with E-state index < -0.39 is 57.7 Å². The van der Waals surface area contributed by atoms with E-state index in [-0.39, 0.29) is 43.2 Å². The van der Waals surface area contributed by atoms with E-state index in [4.69, 9.17) is 32.4 Å². The first kappa shape index (κ1) is 50.6. The van der Waals surface area contributed by atoms with Crippen LogP contribution in [0.3, 0.4) is 0 Å². The van der Waals surface area contributed by atoms with Gasteiger partial charge in [0.2, 0.25) is 0 Å². The topological polar surface area (TPSA) is 146 Å². The molecule has 0 saturated carbocycles. The fourth-order valence-electron chi connectivity index (χ4n) is 7.92. The highest BCUT2D eigenvalue weighted by atomic mass is 31.2. The zero-order valence-corrected chi connectivity index (χ0v) is 41.4. The van der Waals surface area contributed by atoms with Crippen molar-refractivity contribution in [1.82, 2.24) is 14.2 Å². The average Bonchev–Trinajstić information content (AvgIpc) is 3.53. The summed E-state index contributed by atoms with van der Waals surface area (Å²) in [7, 11) is -1.44. The fourth-order valence-corrected chi connectivity index (χ4v) is 11.1. The predicted molar refractivity (Wildman–Crippen MR) is 254 cm³/mol. The molecule has 1 fully saturated rings. The molecule has 0 radical (unpaired) electrons. The Balaban J connectivity index is 1.84. The molecule has 1 aliphatic rings. The first-order chi connectivity index (χ1) is 30.3. The highest BCUT2D eigenvalue weighted by Crippen LogP contribution is 2.58. The van der Waals surface area contributed by atoms with Gasteiger partial charge in [-0.05, 0) is 100 Å². The minimum atomic E-state index is -2.76. The minimum absolute atomic E-state index is 0.0399. The maximum absolute atomic E-state index is 14.0. The Morgan fingerprint density at radius 1 is 0.938 bits per heavy atom. The number of nitrogens with zero attached hydrogens (tertiary/aromatic N) is 3. The molecule has 0 amide bonds. The van der Waals surface area contributed by atoms with Gasteiger partial charge in [0, 0.05) is 23.8 Å². The molecule has 13 nitrogen and oxygen atoms in total. The third-order valence-corrected chi connectivity index (χ3v) is 18.9. The number of nitrogens with one attached hydrogen (secondary N) is 1. The Morgan fingerprint density at radius 2 is 1.48 bits per heavy atom. The number of benzene rings is 3. The Labute approximate surface area is 381 Å². The number of aromatic nitrogens is 2. The molecule has 1 aliphatic heterocycles. The molecule has 0 spiro atoms. The summed E-state index contributed by atoms with van der Waals surface area (Å²) in [5.41, 5.74) is -1.07. The van der Waals surface area contributed by atoms with E-state index in [9.17, 15) is 14.9 Å². The number of ether oxygens (including phenoxy) is 4. The van der Waals surface area contributed by atoms with Crippen LogP contribution in [0.1, 0.15) is 89.8 Å². The molecule has 0 bridgehead atoms. The Hall–Kier alpha value is -4.42. The highest BCUT2D eigenvalue weighted by Gasteiger charge is 2.63. The lowest BCUT2D eigenvalue weighted by Crippen LogP contribution is -2.58. The van der Waals surface area contributed by atoms with E-state index in [2.05, 4.69) is 83.9 Å². The van der Waals surface area contributed by atoms with Gasteiger partial charge in [-0.1, -0.05) is 81.4 Å². The van der Waals surface area contributed by atoms with Crippen molar-refractivity contribution in [2.24, 2.45) is 0 Å². The number of aromatic amines is 1. The number of hydrogen-bond acceptors (Lipinski definition) is 11. The van der Waals surface area contributed by atoms with Gasteiger partial charge in [0.15, 0.2) is 14.5 Å². The number of H-pyrrole nitrogens is 1. The van der Waals surface area contributed by atoms with Gasteiger partial charge < -0.3 is 32.4 Å². The largest absolute Gasteiger partial charge is 0.497 e. The van der Waals surface area contributed by atoms with Crippen molar-refractivity contribution in [1.29, 1.82) is 5.26 Å². The van der Waals surface area contributed by atoms with E-state index in [1.54, 1.807) is 27.2 Å². The van der Waals surface area contributed by atoms with Crippen molar-refractivity contribution in [2.75, 3.05) is 27.4 Å². The van der Waals surface area contributed by atoms with Crippen LogP contribution in [-0.4, -0.2) is 79.9 Å². The minimum Gasteiger partial charge on any atom is -0.497 e.